The molecule has 1 aliphatic rings. The maximum atomic E-state index is 13.1. The van der Waals surface area contributed by atoms with E-state index in [-0.39, 0.29) is 21.4 Å². The highest BCUT2D eigenvalue weighted by atomic mass is 35.5. The van der Waals surface area contributed by atoms with Crippen molar-refractivity contribution >= 4 is 27.5 Å². The molecule has 0 saturated carbocycles. The second kappa shape index (κ2) is 8.68. The van der Waals surface area contributed by atoms with Crippen molar-refractivity contribution in [2.24, 2.45) is 0 Å². The molecule has 152 valence electrons. The zero-order valence-electron chi connectivity index (χ0n) is 16.2. The molecule has 1 saturated heterocycles. The van der Waals surface area contributed by atoms with Crippen LogP contribution in [0.1, 0.15) is 47.6 Å². The van der Waals surface area contributed by atoms with Crippen molar-refractivity contribution in [3.63, 3.8) is 0 Å². The number of carbonyl (C=O) groups excluding carboxylic acids is 1. The van der Waals surface area contributed by atoms with Crippen LogP contribution in [0.2, 0.25) is 5.02 Å². The van der Waals surface area contributed by atoms with E-state index in [2.05, 4.69) is 0 Å². The van der Waals surface area contributed by atoms with Gasteiger partial charge in [0, 0.05) is 25.7 Å². The number of benzene rings is 1. The van der Waals surface area contributed by atoms with Crippen molar-refractivity contribution in [2.45, 2.75) is 44.0 Å². The number of hydrogen-bond acceptors (Lipinski definition) is 4. The molecule has 0 N–H and O–H groups in total. The topological polar surface area (TPSA) is 70.8 Å². The van der Waals surface area contributed by atoms with E-state index in [0.29, 0.717) is 25.4 Å². The van der Waals surface area contributed by atoms with Gasteiger partial charge in [0.15, 0.2) is 0 Å². The lowest BCUT2D eigenvalue weighted by Crippen LogP contribution is -2.32. The van der Waals surface area contributed by atoms with E-state index in [1.54, 1.807) is 13.1 Å². The van der Waals surface area contributed by atoms with Gasteiger partial charge >= 0.3 is 0 Å². The molecule has 2 heterocycles. The van der Waals surface area contributed by atoms with Crippen LogP contribution in [-0.4, -0.2) is 43.7 Å². The molecule has 0 spiro atoms. The molecule has 0 unspecified atom stereocenters. The monoisotopic (exact) mass is 424 g/mol. The summed E-state index contributed by atoms with van der Waals surface area (Å²) < 4.78 is 33.2. The second-order valence-corrected chi connectivity index (χ2v) is 9.45. The van der Waals surface area contributed by atoms with E-state index in [9.17, 15) is 13.2 Å². The van der Waals surface area contributed by atoms with Crippen molar-refractivity contribution in [2.75, 3.05) is 20.1 Å². The minimum Gasteiger partial charge on any atom is -0.464 e. The van der Waals surface area contributed by atoms with E-state index in [4.69, 9.17) is 16.0 Å². The number of amides is 1. The molecule has 1 aliphatic heterocycles. The zero-order chi connectivity index (χ0) is 20.3. The third kappa shape index (κ3) is 4.59. The Balaban J connectivity index is 1.84. The predicted octanol–water partition coefficient (Wildman–Crippen LogP) is 4.08. The molecule has 2 aromatic rings. The van der Waals surface area contributed by atoms with Crippen LogP contribution in [-0.2, 0) is 16.6 Å². The summed E-state index contributed by atoms with van der Waals surface area (Å²) in [6.45, 7) is 3.09. The molecule has 3 rings (SSSR count). The van der Waals surface area contributed by atoms with Crippen molar-refractivity contribution < 1.29 is 17.6 Å². The van der Waals surface area contributed by atoms with Gasteiger partial charge in [0.1, 0.15) is 16.4 Å². The Hall–Kier alpha value is -1.83. The average molecular weight is 425 g/mol. The first-order chi connectivity index (χ1) is 13.3. The minimum atomic E-state index is -3.74. The highest BCUT2D eigenvalue weighted by molar-refractivity contribution is 7.89. The van der Waals surface area contributed by atoms with Crippen LogP contribution in [0.3, 0.4) is 0 Å². The molecule has 1 aromatic heterocycles. The number of furan rings is 1. The van der Waals surface area contributed by atoms with Gasteiger partial charge in [-0.05, 0) is 50.1 Å². The third-order valence-corrected chi connectivity index (χ3v) is 7.28. The first-order valence-electron chi connectivity index (χ1n) is 9.39. The highest BCUT2D eigenvalue weighted by Gasteiger charge is 2.28. The van der Waals surface area contributed by atoms with E-state index in [1.165, 1.54) is 21.3 Å². The molecule has 1 fully saturated rings. The molecule has 8 heteroatoms. The fourth-order valence-electron chi connectivity index (χ4n) is 3.35. The van der Waals surface area contributed by atoms with E-state index in [0.717, 1.165) is 31.4 Å². The van der Waals surface area contributed by atoms with Gasteiger partial charge in [0.25, 0.3) is 5.91 Å². The number of carbonyl (C=O) groups is 1. The third-order valence-electron chi connectivity index (χ3n) is 4.90. The lowest BCUT2D eigenvalue weighted by molar-refractivity contribution is 0.0774. The van der Waals surface area contributed by atoms with Crippen LogP contribution in [0.5, 0.6) is 0 Å². The quantitative estimate of drug-likeness (QED) is 0.725. The van der Waals surface area contributed by atoms with Crippen molar-refractivity contribution in [3.05, 3.63) is 52.4 Å². The molecule has 6 nitrogen and oxygen atoms in total. The standard InChI is InChI=1S/C20H25ClN2O4S/c1-15-7-9-17(27-15)14-22(2)20(24)16-8-10-18(21)19(13-16)28(25,26)23-11-5-3-4-6-12-23/h7-10,13H,3-6,11-12,14H2,1-2H3. The first-order valence-corrected chi connectivity index (χ1v) is 11.2. The normalized spacial score (nSPS) is 16.0. The number of nitrogens with zero attached hydrogens (tertiary/aromatic N) is 2. The van der Waals surface area contributed by atoms with Gasteiger partial charge in [-0.15, -0.1) is 0 Å². The van der Waals surface area contributed by atoms with Crippen LogP contribution >= 0.6 is 11.6 Å². The van der Waals surface area contributed by atoms with Gasteiger partial charge in [-0.1, -0.05) is 24.4 Å². The smallest absolute Gasteiger partial charge is 0.254 e. The summed E-state index contributed by atoms with van der Waals surface area (Å²) >= 11 is 6.21. The van der Waals surface area contributed by atoms with E-state index in [1.807, 2.05) is 19.1 Å². The lowest BCUT2D eigenvalue weighted by atomic mass is 10.2. The summed E-state index contributed by atoms with van der Waals surface area (Å²) in [6, 6.07) is 8.06. The Bertz CT molecular complexity index is 947. The van der Waals surface area contributed by atoms with Gasteiger partial charge in [-0.25, -0.2) is 8.42 Å². The van der Waals surface area contributed by atoms with Crippen molar-refractivity contribution in [1.29, 1.82) is 0 Å². The minimum absolute atomic E-state index is 0.0100. The Morgan fingerprint density at radius 3 is 2.43 bits per heavy atom. The zero-order valence-corrected chi connectivity index (χ0v) is 17.7. The van der Waals surface area contributed by atoms with E-state index < -0.39 is 10.0 Å². The lowest BCUT2D eigenvalue weighted by Gasteiger charge is -2.21. The molecule has 1 amide bonds. The van der Waals surface area contributed by atoms with Crippen LogP contribution < -0.4 is 0 Å². The molecule has 1 aromatic carbocycles. The van der Waals surface area contributed by atoms with Crippen molar-refractivity contribution in [3.8, 4) is 0 Å². The Kier molecular flexibility index (Phi) is 6.47. The average Bonchev–Trinajstić information content (AvgIpc) is 2.90. The number of rotatable bonds is 5. The van der Waals surface area contributed by atoms with E-state index >= 15 is 0 Å². The van der Waals surface area contributed by atoms with Crippen molar-refractivity contribution in [1.82, 2.24) is 9.21 Å². The summed E-state index contributed by atoms with van der Waals surface area (Å²) in [5, 5.41) is 0.130. The Labute approximate surface area is 171 Å². The van der Waals surface area contributed by atoms with Gasteiger partial charge < -0.3 is 9.32 Å². The number of sulfonamides is 1. The molecule has 0 atom stereocenters. The summed E-state index contributed by atoms with van der Waals surface area (Å²) in [5.74, 6) is 1.14. The Morgan fingerprint density at radius 1 is 1.14 bits per heavy atom. The van der Waals surface area contributed by atoms with Gasteiger partial charge in [-0.2, -0.15) is 4.31 Å². The van der Waals surface area contributed by atoms with Crippen LogP contribution in [0.15, 0.2) is 39.6 Å². The van der Waals surface area contributed by atoms with Gasteiger partial charge in [-0.3, -0.25) is 4.79 Å². The molecule has 28 heavy (non-hydrogen) atoms. The largest absolute Gasteiger partial charge is 0.464 e. The fourth-order valence-corrected chi connectivity index (χ4v) is 5.37. The first kappa shape index (κ1) is 20.9. The molecular formula is C20H25ClN2O4S. The summed E-state index contributed by atoms with van der Waals surface area (Å²) in [5.41, 5.74) is 0.281. The highest BCUT2D eigenvalue weighted by Crippen LogP contribution is 2.28. The molecule has 0 aliphatic carbocycles. The molecule has 0 radical (unpaired) electrons. The number of hydrogen-bond donors (Lipinski definition) is 0. The van der Waals surface area contributed by atoms with Crippen LogP contribution in [0, 0.1) is 6.92 Å². The van der Waals surface area contributed by atoms with Gasteiger partial charge in [0.2, 0.25) is 10.0 Å². The number of aryl methyl sites for hydroxylation is 1. The summed E-state index contributed by atoms with van der Waals surface area (Å²) in [7, 11) is -2.09. The molecular weight excluding hydrogens is 400 g/mol. The molecule has 0 bridgehead atoms. The summed E-state index contributed by atoms with van der Waals surface area (Å²) in [6.07, 6.45) is 3.71. The SMILES string of the molecule is Cc1ccc(CN(C)C(=O)c2ccc(Cl)c(S(=O)(=O)N3CCCCCC3)c2)o1. The maximum Gasteiger partial charge on any atom is 0.254 e. The number of halogens is 1. The van der Waals surface area contributed by atoms with Crippen LogP contribution in [0.4, 0.5) is 0 Å². The van der Waals surface area contributed by atoms with Gasteiger partial charge in [0.05, 0.1) is 11.6 Å². The maximum absolute atomic E-state index is 13.1. The fraction of sp³-hybridized carbons (Fsp3) is 0.450. The second-order valence-electron chi connectivity index (χ2n) is 7.14. The van der Waals surface area contributed by atoms with Crippen LogP contribution in [0.25, 0.3) is 0 Å². The predicted molar refractivity (Wildman–Crippen MR) is 108 cm³/mol. The summed E-state index contributed by atoms with van der Waals surface area (Å²) in [4.78, 5) is 14.3. The Morgan fingerprint density at radius 2 is 1.82 bits per heavy atom.